The van der Waals surface area contributed by atoms with Crippen LogP contribution in [0, 0.1) is 19.7 Å². The first kappa shape index (κ1) is 20.2. The molecule has 0 aliphatic rings. The van der Waals surface area contributed by atoms with Gasteiger partial charge in [-0.2, -0.15) is 4.98 Å². The van der Waals surface area contributed by atoms with Gasteiger partial charge in [-0.05, 0) is 72.8 Å². The van der Waals surface area contributed by atoms with Crippen LogP contribution in [-0.2, 0) is 10.0 Å². The van der Waals surface area contributed by atoms with E-state index in [-0.39, 0.29) is 22.4 Å². The molecule has 4 rings (SSSR count). The molecule has 0 unspecified atom stereocenters. The van der Waals surface area contributed by atoms with E-state index in [0.717, 1.165) is 11.1 Å². The lowest BCUT2D eigenvalue weighted by Crippen LogP contribution is -2.26. The summed E-state index contributed by atoms with van der Waals surface area (Å²) < 4.78 is 46.4. The van der Waals surface area contributed by atoms with Crippen LogP contribution in [0.25, 0.3) is 22.2 Å². The molecule has 2 aromatic heterocycles. The van der Waals surface area contributed by atoms with Crippen LogP contribution in [0.3, 0.4) is 0 Å². The van der Waals surface area contributed by atoms with Gasteiger partial charge in [-0.3, -0.25) is 4.31 Å². The molecule has 0 atom stereocenters. The fourth-order valence-electron chi connectivity index (χ4n) is 3.11. The van der Waals surface area contributed by atoms with Gasteiger partial charge in [0.1, 0.15) is 15.6 Å². The number of benzene rings is 2. The Labute approximate surface area is 177 Å². The molecule has 4 aromatic rings. The Kier molecular flexibility index (Phi) is 5.17. The summed E-state index contributed by atoms with van der Waals surface area (Å²) in [5.41, 5.74) is 3.08. The molecular formula is C21H18FN3O3S2. The van der Waals surface area contributed by atoms with Gasteiger partial charge in [-0.15, -0.1) is 11.3 Å². The molecule has 0 N–H and O–H groups in total. The highest BCUT2D eigenvalue weighted by Crippen LogP contribution is 2.35. The van der Waals surface area contributed by atoms with Gasteiger partial charge >= 0.3 is 0 Å². The van der Waals surface area contributed by atoms with E-state index in [0.29, 0.717) is 16.1 Å². The van der Waals surface area contributed by atoms with Crippen LogP contribution < -0.4 is 4.31 Å². The van der Waals surface area contributed by atoms with E-state index in [9.17, 15) is 12.8 Å². The quantitative estimate of drug-likeness (QED) is 0.432. The maximum atomic E-state index is 13.3. The summed E-state index contributed by atoms with van der Waals surface area (Å²) in [5, 5.41) is 5.58. The highest BCUT2D eigenvalue weighted by Gasteiger charge is 2.29. The van der Waals surface area contributed by atoms with Crippen molar-refractivity contribution in [2.45, 2.75) is 18.7 Å². The predicted molar refractivity (Wildman–Crippen MR) is 115 cm³/mol. The van der Waals surface area contributed by atoms with Gasteiger partial charge < -0.3 is 4.52 Å². The summed E-state index contributed by atoms with van der Waals surface area (Å²) in [4.78, 5) is 4.75. The fraction of sp³-hybridized carbons (Fsp3) is 0.143. The van der Waals surface area contributed by atoms with Gasteiger partial charge in [0, 0.05) is 12.6 Å². The van der Waals surface area contributed by atoms with Crippen LogP contribution in [-0.4, -0.2) is 25.6 Å². The topological polar surface area (TPSA) is 76.3 Å². The molecule has 0 radical (unpaired) electrons. The lowest BCUT2D eigenvalue weighted by atomic mass is 10.1. The number of halogens is 1. The first-order valence-corrected chi connectivity index (χ1v) is 11.3. The van der Waals surface area contributed by atoms with Crippen molar-refractivity contribution in [3.8, 4) is 22.2 Å². The number of anilines is 1. The lowest BCUT2D eigenvalue weighted by Gasteiger charge is -2.20. The number of rotatable bonds is 5. The van der Waals surface area contributed by atoms with Crippen LogP contribution in [0.1, 0.15) is 11.1 Å². The lowest BCUT2D eigenvalue weighted by molar-refractivity contribution is 0.432. The Hall–Kier alpha value is -3.04. The Morgan fingerprint density at radius 2 is 1.70 bits per heavy atom. The Balaban J connectivity index is 1.71. The summed E-state index contributed by atoms with van der Waals surface area (Å²) in [6, 6.07) is 12.8. The molecule has 2 aromatic carbocycles. The molecule has 6 nitrogen and oxygen atoms in total. The molecule has 0 bridgehead atoms. The molecule has 9 heteroatoms. The third-order valence-electron chi connectivity index (χ3n) is 4.56. The van der Waals surface area contributed by atoms with E-state index in [2.05, 4.69) is 10.1 Å². The minimum absolute atomic E-state index is 0.0865. The molecule has 0 fully saturated rings. The Morgan fingerprint density at radius 1 is 1.03 bits per heavy atom. The molecule has 154 valence electrons. The highest BCUT2D eigenvalue weighted by molar-refractivity contribution is 7.93. The molecule has 0 aliphatic carbocycles. The second kappa shape index (κ2) is 7.66. The summed E-state index contributed by atoms with van der Waals surface area (Å²) in [6.45, 7) is 3.84. The van der Waals surface area contributed by atoms with Gasteiger partial charge in [-0.25, -0.2) is 12.8 Å². The van der Waals surface area contributed by atoms with E-state index >= 15 is 0 Å². The van der Waals surface area contributed by atoms with Crippen molar-refractivity contribution in [3.63, 3.8) is 0 Å². The summed E-state index contributed by atoms with van der Waals surface area (Å²) in [5.74, 6) is -0.0235. The average molecular weight is 444 g/mol. The Morgan fingerprint density at radius 3 is 2.37 bits per heavy atom. The zero-order valence-corrected chi connectivity index (χ0v) is 18.1. The maximum absolute atomic E-state index is 13.3. The summed E-state index contributed by atoms with van der Waals surface area (Å²) in [7, 11) is -2.34. The van der Waals surface area contributed by atoms with E-state index in [1.807, 2.05) is 32.0 Å². The van der Waals surface area contributed by atoms with Gasteiger partial charge in [-0.1, -0.05) is 11.2 Å². The van der Waals surface area contributed by atoms with Crippen LogP contribution in [0.4, 0.5) is 10.1 Å². The molecular weight excluding hydrogens is 425 g/mol. The van der Waals surface area contributed by atoms with Gasteiger partial charge in [0.15, 0.2) is 0 Å². The smallest absolute Gasteiger partial charge is 0.269 e. The zero-order valence-electron chi connectivity index (χ0n) is 16.5. The summed E-state index contributed by atoms with van der Waals surface area (Å²) in [6.07, 6.45) is 0. The van der Waals surface area contributed by atoms with Crippen molar-refractivity contribution in [2.24, 2.45) is 0 Å². The third kappa shape index (κ3) is 3.73. The second-order valence-corrected chi connectivity index (χ2v) is 9.72. The van der Waals surface area contributed by atoms with Gasteiger partial charge in [0.25, 0.3) is 15.9 Å². The standard InChI is InChI=1S/C21H18FN3O3S2/c1-13-10-14(2)12-17(11-13)25(3)30(26,27)18-8-9-29-19(18)21-23-20(24-28-21)15-4-6-16(22)7-5-15/h4-12H,1-3H3. The predicted octanol–water partition coefficient (Wildman–Crippen LogP) is 5.05. The Bertz CT molecular complexity index is 1290. The third-order valence-corrected chi connectivity index (χ3v) is 7.42. The first-order valence-electron chi connectivity index (χ1n) is 9.00. The van der Waals surface area contributed by atoms with Crippen molar-refractivity contribution in [2.75, 3.05) is 11.4 Å². The minimum Gasteiger partial charge on any atom is -0.333 e. The fourth-order valence-corrected chi connectivity index (χ4v) is 5.60. The van der Waals surface area contributed by atoms with Crippen molar-refractivity contribution in [1.82, 2.24) is 10.1 Å². The van der Waals surface area contributed by atoms with Crippen LogP contribution in [0.15, 0.2) is 63.3 Å². The number of hydrogen-bond donors (Lipinski definition) is 0. The maximum Gasteiger partial charge on any atom is 0.269 e. The monoisotopic (exact) mass is 443 g/mol. The van der Waals surface area contributed by atoms with E-state index in [4.69, 9.17) is 4.52 Å². The van der Waals surface area contributed by atoms with E-state index in [1.54, 1.807) is 5.38 Å². The molecule has 2 heterocycles. The van der Waals surface area contributed by atoms with Crippen LogP contribution >= 0.6 is 11.3 Å². The first-order chi connectivity index (χ1) is 14.3. The van der Waals surface area contributed by atoms with Crippen LogP contribution in [0.2, 0.25) is 0 Å². The molecule has 0 aliphatic heterocycles. The van der Waals surface area contributed by atoms with Crippen LogP contribution in [0.5, 0.6) is 0 Å². The minimum atomic E-state index is -3.86. The number of aromatic nitrogens is 2. The van der Waals surface area contributed by atoms with Gasteiger partial charge in [0.2, 0.25) is 5.82 Å². The van der Waals surface area contributed by atoms with E-state index < -0.39 is 10.0 Å². The van der Waals surface area contributed by atoms with Gasteiger partial charge in [0.05, 0.1) is 5.69 Å². The molecule has 0 saturated heterocycles. The molecule has 30 heavy (non-hydrogen) atoms. The second-order valence-electron chi connectivity index (χ2n) is 6.86. The number of nitrogens with zero attached hydrogens (tertiary/aromatic N) is 3. The van der Waals surface area contributed by atoms with Crippen molar-refractivity contribution >= 4 is 27.0 Å². The van der Waals surface area contributed by atoms with Crippen molar-refractivity contribution in [1.29, 1.82) is 0 Å². The van der Waals surface area contributed by atoms with Crippen molar-refractivity contribution < 1.29 is 17.3 Å². The number of hydrogen-bond acceptors (Lipinski definition) is 6. The van der Waals surface area contributed by atoms with E-state index in [1.165, 1.54) is 53.0 Å². The normalized spacial score (nSPS) is 11.6. The number of aryl methyl sites for hydroxylation is 2. The molecule has 0 spiro atoms. The summed E-state index contributed by atoms with van der Waals surface area (Å²) >= 11 is 1.20. The largest absolute Gasteiger partial charge is 0.333 e. The highest BCUT2D eigenvalue weighted by atomic mass is 32.2. The average Bonchev–Trinajstić information content (AvgIpc) is 3.37. The van der Waals surface area contributed by atoms with Crippen molar-refractivity contribution in [3.05, 3.63) is 70.9 Å². The molecule has 0 saturated carbocycles. The zero-order chi connectivity index (χ0) is 21.5. The SMILES string of the molecule is Cc1cc(C)cc(N(C)S(=O)(=O)c2ccsc2-c2nc(-c3ccc(F)cc3)no2)c1. The number of thiophene rings is 1. The molecule has 0 amide bonds. The number of sulfonamides is 1.